The molecule has 0 aromatic heterocycles. The Hall–Kier alpha value is -2.82. The number of likely N-dealkylation sites (tertiary alicyclic amines) is 1. The first-order valence-electron chi connectivity index (χ1n) is 10.3. The molecule has 2 aliphatic rings. The molecule has 0 aliphatic carbocycles. The molecule has 0 saturated carbocycles. The van der Waals surface area contributed by atoms with Gasteiger partial charge in [0.05, 0.1) is 6.42 Å². The van der Waals surface area contributed by atoms with E-state index in [1.54, 1.807) is 0 Å². The summed E-state index contributed by atoms with van der Waals surface area (Å²) < 4.78 is 0. The van der Waals surface area contributed by atoms with Crippen molar-refractivity contribution in [1.82, 2.24) is 9.80 Å². The Kier molecular flexibility index (Phi) is 5.07. The Bertz CT molecular complexity index is 973. The van der Waals surface area contributed by atoms with Crippen LogP contribution in [-0.2, 0) is 24.3 Å². The summed E-state index contributed by atoms with van der Waals surface area (Å²) in [6, 6.07) is 8.36. The molecule has 152 valence electrons. The lowest BCUT2D eigenvalue weighted by Crippen LogP contribution is -2.38. The minimum Gasteiger partial charge on any atom is -0.481 e. The van der Waals surface area contributed by atoms with E-state index in [1.165, 1.54) is 11.1 Å². The lowest BCUT2D eigenvalue weighted by Gasteiger charge is -2.23. The maximum Gasteiger partial charge on any atom is 0.320 e. The zero-order chi connectivity index (χ0) is 20.7. The number of aryl methyl sites for hydroxylation is 1. The molecule has 4 rings (SSSR count). The van der Waals surface area contributed by atoms with Crippen LogP contribution in [0, 0.1) is 20.8 Å². The van der Waals surface area contributed by atoms with Crippen molar-refractivity contribution in [2.45, 2.75) is 53.1 Å². The van der Waals surface area contributed by atoms with Gasteiger partial charge in [0.15, 0.2) is 0 Å². The number of carbonyl (C=O) groups excluding carboxylic acids is 1. The number of benzene rings is 2. The number of urea groups is 1. The molecule has 2 heterocycles. The van der Waals surface area contributed by atoms with Crippen molar-refractivity contribution in [2.75, 3.05) is 13.1 Å². The van der Waals surface area contributed by atoms with Gasteiger partial charge in [0.2, 0.25) is 0 Å². The van der Waals surface area contributed by atoms with E-state index in [0.717, 1.165) is 59.3 Å². The van der Waals surface area contributed by atoms with E-state index in [2.05, 4.69) is 31.2 Å². The molecule has 2 aliphatic heterocycles. The molecule has 5 nitrogen and oxygen atoms in total. The van der Waals surface area contributed by atoms with Crippen molar-refractivity contribution in [3.8, 4) is 11.1 Å². The summed E-state index contributed by atoms with van der Waals surface area (Å²) in [5.41, 5.74) is 8.52. The van der Waals surface area contributed by atoms with Gasteiger partial charge < -0.3 is 14.9 Å². The number of carboxylic acid groups (broad SMARTS) is 1. The standard InChI is InChI=1S/C24H28N2O3/c1-15-6-8-18(9-7-15)23-17(3)21-14-26(24(29)25-10-4-5-11-25)13-20(21)16(2)19(23)12-22(27)28/h6-9H,4-5,10-14H2,1-3H3,(H,27,28). The molecule has 1 N–H and O–H groups in total. The quantitative estimate of drug-likeness (QED) is 0.840. The Balaban J connectivity index is 1.79. The maximum atomic E-state index is 13.0. The number of nitrogens with zero attached hydrogens (tertiary/aromatic N) is 2. The Morgan fingerprint density at radius 1 is 0.897 bits per heavy atom. The summed E-state index contributed by atoms with van der Waals surface area (Å²) >= 11 is 0. The van der Waals surface area contributed by atoms with Crippen LogP contribution in [0.5, 0.6) is 0 Å². The topological polar surface area (TPSA) is 60.9 Å². The van der Waals surface area contributed by atoms with Gasteiger partial charge >= 0.3 is 12.0 Å². The minimum atomic E-state index is -0.830. The zero-order valence-corrected chi connectivity index (χ0v) is 17.4. The molecule has 2 amide bonds. The van der Waals surface area contributed by atoms with Gasteiger partial charge in [-0.1, -0.05) is 29.8 Å². The fourth-order valence-corrected chi connectivity index (χ4v) is 4.79. The summed E-state index contributed by atoms with van der Waals surface area (Å²) in [4.78, 5) is 28.5. The van der Waals surface area contributed by atoms with E-state index in [4.69, 9.17) is 0 Å². The van der Waals surface area contributed by atoms with E-state index < -0.39 is 5.97 Å². The third kappa shape index (κ3) is 3.50. The van der Waals surface area contributed by atoms with Crippen LogP contribution in [0.2, 0.25) is 0 Å². The van der Waals surface area contributed by atoms with Crippen LogP contribution in [0.25, 0.3) is 11.1 Å². The highest BCUT2D eigenvalue weighted by Gasteiger charge is 2.33. The lowest BCUT2D eigenvalue weighted by atomic mass is 9.84. The number of aliphatic carboxylic acids is 1. The summed E-state index contributed by atoms with van der Waals surface area (Å²) in [6.07, 6.45) is 2.14. The minimum absolute atomic E-state index is 0.0107. The third-order valence-corrected chi connectivity index (χ3v) is 6.41. The molecule has 0 radical (unpaired) electrons. The molecule has 0 bridgehead atoms. The van der Waals surface area contributed by atoms with Crippen LogP contribution in [0.1, 0.15) is 46.2 Å². The molecule has 0 spiro atoms. The average molecular weight is 392 g/mol. The van der Waals surface area contributed by atoms with Crippen molar-refractivity contribution in [3.05, 3.63) is 57.6 Å². The van der Waals surface area contributed by atoms with Crippen molar-refractivity contribution < 1.29 is 14.7 Å². The van der Waals surface area contributed by atoms with Gasteiger partial charge in [0.25, 0.3) is 0 Å². The van der Waals surface area contributed by atoms with Gasteiger partial charge in [0, 0.05) is 26.2 Å². The SMILES string of the molecule is Cc1ccc(-c2c(C)c3c(c(C)c2CC(=O)O)CN(C(=O)N2CCCC2)C3)cc1. The number of hydrogen-bond acceptors (Lipinski definition) is 2. The molecular weight excluding hydrogens is 364 g/mol. The maximum absolute atomic E-state index is 13.0. The number of carboxylic acids is 1. The first-order chi connectivity index (χ1) is 13.9. The number of carbonyl (C=O) groups is 2. The lowest BCUT2D eigenvalue weighted by molar-refractivity contribution is -0.136. The van der Waals surface area contributed by atoms with Crippen molar-refractivity contribution >= 4 is 12.0 Å². The highest BCUT2D eigenvalue weighted by molar-refractivity contribution is 5.83. The van der Waals surface area contributed by atoms with E-state index in [-0.39, 0.29) is 12.5 Å². The second-order valence-corrected chi connectivity index (χ2v) is 8.33. The van der Waals surface area contributed by atoms with Crippen molar-refractivity contribution in [3.63, 3.8) is 0 Å². The number of fused-ring (bicyclic) bond motifs is 1. The molecule has 5 heteroatoms. The van der Waals surface area contributed by atoms with E-state index in [1.807, 2.05) is 23.6 Å². The first-order valence-corrected chi connectivity index (χ1v) is 10.3. The molecular formula is C24H28N2O3. The Labute approximate surface area is 171 Å². The van der Waals surface area contributed by atoms with Gasteiger partial charge in [0.1, 0.15) is 0 Å². The number of hydrogen-bond donors (Lipinski definition) is 1. The van der Waals surface area contributed by atoms with Gasteiger partial charge in [-0.15, -0.1) is 0 Å². The first kappa shape index (κ1) is 19.5. The summed E-state index contributed by atoms with van der Waals surface area (Å²) in [7, 11) is 0. The van der Waals surface area contributed by atoms with Gasteiger partial charge in [-0.2, -0.15) is 0 Å². The fraction of sp³-hybridized carbons (Fsp3) is 0.417. The van der Waals surface area contributed by atoms with Crippen LogP contribution in [0.4, 0.5) is 4.79 Å². The molecule has 1 saturated heterocycles. The second-order valence-electron chi connectivity index (χ2n) is 8.33. The highest BCUT2D eigenvalue weighted by Crippen LogP contribution is 2.40. The number of rotatable bonds is 3. The number of amides is 2. The van der Waals surface area contributed by atoms with Gasteiger partial charge in [-0.25, -0.2) is 4.79 Å². The van der Waals surface area contributed by atoms with E-state index in [9.17, 15) is 14.7 Å². The summed E-state index contributed by atoms with van der Waals surface area (Å²) in [5.74, 6) is -0.830. The second kappa shape index (κ2) is 7.54. The third-order valence-electron chi connectivity index (χ3n) is 6.41. The smallest absolute Gasteiger partial charge is 0.320 e. The summed E-state index contributed by atoms with van der Waals surface area (Å²) in [5, 5.41) is 9.56. The van der Waals surface area contributed by atoms with Crippen LogP contribution < -0.4 is 0 Å². The predicted octanol–water partition coefficient (Wildman–Crippen LogP) is 4.44. The predicted molar refractivity (Wildman–Crippen MR) is 113 cm³/mol. The molecule has 2 aromatic carbocycles. The van der Waals surface area contributed by atoms with Crippen molar-refractivity contribution in [2.24, 2.45) is 0 Å². The van der Waals surface area contributed by atoms with Gasteiger partial charge in [-0.3, -0.25) is 4.79 Å². The van der Waals surface area contributed by atoms with E-state index >= 15 is 0 Å². The fourth-order valence-electron chi connectivity index (χ4n) is 4.79. The molecule has 0 unspecified atom stereocenters. The van der Waals surface area contributed by atoms with Crippen LogP contribution in [0.15, 0.2) is 24.3 Å². The van der Waals surface area contributed by atoms with E-state index in [0.29, 0.717) is 13.1 Å². The zero-order valence-electron chi connectivity index (χ0n) is 17.4. The molecule has 29 heavy (non-hydrogen) atoms. The van der Waals surface area contributed by atoms with Crippen LogP contribution in [-0.4, -0.2) is 40.0 Å². The van der Waals surface area contributed by atoms with Crippen LogP contribution >= 0.6 is 0 Å². The van der Waals surface area contributed by atoms with Crippen LogP contribution in [0.3, 0.4) is 0 Å². The molecule has 2 aromatic rings. The summed E-state index contributed by atoms with van der Waals surface area (Å²) in [6.45, 7) is 8.97. The highest BCUT2D eigenvalue weighted by atomic mass is 16.4. The molecule has 1 fully saturated rings. The Morgan fingerprint density at radius 3 is 2.07 bits per heavy atom. The average Bonchev–Trinajstić information content (AvgIpc) is 3.37. The molecule has 0 atom stereocenters. The largest absolute Gasteiger partial charge is 0.481 e. The Morgan fingerprint density at radius 2 is 1.48 bits per heavy atom. The normalized spacial score (nSPS) is 15.7. The van der Waals surface area contributed by atoms with Crippen molar-refractivity contribution in [1.29, 1.82) is 0 Å². The monoisotopic (exact) mass is 392 g/mol. The van der Waals surface area contributed by atoms with Gasteiger partial charge in [-0.05, 0) is 72.6 Å².